The molecule has 1 fully saturated rings. The Hall–Kier alpha value is -0.240. The molecule has 1 heterocycles. The number of halogens is 2. The van der Waals surface area contributed by atoms with Gasteiger partial charge in [-0.15, -0.1) is 0 Å². The van der Waals surface area contributed by atoms with Gasteiger partial charge in [0, 0.05) is 15.5 Å². The van der Waals surface area contributed by atoms with Crippen LogP contribution in [0.1, 0.15) is 26.2 Å². The van der Waals surface area contributed by atoms with Crippen molar-refractivity contribution in [3.05, 3.63) is 27.1 Å². The van der Waals surface area contributed by atoms with Crippen molar-refractivity contribution < 1.29 is 13.2 Å². The van der Waals surface area contributed by atoms with Gasteiger partial charge in [0.15, 0.2) is 0 Å². The SMILES string of the molecule is CC(=O)C1CCCCN1S(=O)(=O)c1cc(Br)ccc1Br. The number of sulfonamides is 1. The van der Waals surface area contributed by atoms with Crippen LogP contribution in [-0.4, -0.2) is 31.1 Å². The van der Waals surface area contributed by atoms with Crippen LogP contribution in [-0.2, 0) is 14.8 Å². The minimum atomic E-state index is -3.67. The summed E-state index contributed by atoms with van der Waals surface area (Å²) in [6.07, 6.45) is 2.27. The van der Waals surface area contributed by atoms with E-state index in [1.54, 1.807) is 18.2 Å². The zero-order valence-corrected chi connectivity index (χ0v) is 15.0. The highest BCUT2D eigenvalue weighted by molar-refractivity contribution is 9.11. The standard InChI is InChI=1S/C13H15Br2NO3S/c1-9(17)12-4-2-3-7-16(12)20(18,19)13-8-10(14)5-6-11(13)15/h5-6,8,12H,2-4,7H2,1H3. The van der Waals surface area contributed by atoms with E-state index >= 15 is 0 Å². The average Bonchev–Trinajstić information content (AvgIpc) is 2.41. The first kappa shape index (κ1) is 16.1. The highest BCUT2D eigenvalue weighted by Gasteiger charge is 2.36. The molecular weight excluding hydrogens is 410 g/mol. The Morgan fingerprint density at radius 3 is 2.65 bits per heavy atom. The summed E-state index contributed by atoms with van der Waals surface area (Å²) in [4.78, 5) is 11.9. The first-order valence-corrected chi connectivity index (χ1v) is 9.34. The molecule has 1 aromatic carbocycles. The molecule has 0 radical (unpaired) electrons. The van der Waals surface area contributed by atoms with Gasteiger partial charge in [0.25, 0.3) is 0 Å². The molecule has 1 unspecified atom stereocenters. The lowest BCUT2D eigenvalue weighted by molar-refractivity contribution is -0.121. The molecule has 7 heteroatoms. The second-order valence-corrected chi connectivity index (χ2v) is 8.44. The van der Waals surface area contributed by atoms with Crippen molar-refractivity contribution in [2.75, 3.05) is 6.54 Å². The van der Waals surface area contributed by atoms with Crippen LogP contribution in [0.4, 0.5) is 0 Å². The number of piperidine rings is 1. The van der Waals surface area contributed by atoms with E-state index in [0.717, 1.165) is 12.8 Å². The van der Waals surface area contributed by atoms with Crippen molar-refractivity contribution in [1.29, 1.82) is 0 Å². The fourth-order valence-corrected chi connectivity index (χ4v) is 5.57. The molecule has 0 N–H and O–H groups in total. The van der Waals surface area contributed by atoms with Crippen LogP contribution in [0, 0.1) is 0 Å². The Kier molecular flexibility index (Phi) is 5.05. The normalized spacial score (nSPS) is 20.9. The Balaban J connectivity index is 2.47. The van der Waals surface area contributed by atoms with Gasteiger partial charge in [0.2, 0.25) is 10.0 Å². The largest absolute Gasteiger partial charge is 0.298 e. The van der Waals surface area contributed by atoms with Crippen LogP contribution >= 0.6 is 31.9 Å². The van der Waals surface area contributed by atoms with Gasteiger partial charge >= 0.3 is 0 Å². The lowest BCUT2D eigenvalue weighted by Crippen LogP contribution is -2.47. The molecule has 110 valence electrons. The molecule has 0 amide bonds. The monoisotopic (exact) mass is 423 g/mol. The second-order valence-electron chi connectivity index (χ2n) is 4.81. The number of Topliss-reactive ketones (excluding diaryl/α,β-unsaturated/α-hetero) is 1. The van der Waals surface area contributed by atoms with Crippen molar-refractivity contribution in [3.8, 4) is 0 Å². The van der Waals surface area contributed by atoms with E-state index in [1.807, 2.05) is 0 Å². The highest BCUT2D eigenvalue weighted by Crippen LogP contribution is 2.31. The molecule has 1 saturated heterocycles. The second kappa shape index (κ2) is 6.25. The molecule has 1 aromatic rings. The van der Waals surface area contributed by atoms with E-state index in [1.165, 1.54) is 11.2 Å². The third-order valence-electron chi connectivity index (χ3n) is 3.40. The zero-order chi connectivity index (χ0) is 14.9. The number of nitrogens with zero attached hydrogens (tertiary/aromatic N) is 1. The van der Waals surface area contributed by atoms with E-state index in [4.69, 9.17) is 0 Å². The van der Waals surface area contributed by atoms with Crippen molar-refractivity contribution in [2.24, 2.45) is 0 Å². The molecule has 2 rings (SSSR count). The van der Waals surface area contributed by atoms with Crippen molar-refractivity contribution in [2.45, 2.75) is 37.1 Å². The summed E-state index contributed by atoms with van der Waals surface area (Å²) in [5.74, 6) is -0.0978. The van der Waals surface area contributed by atoms with Crippen LogP contribution in [0.25, 0.3) is 0 Å². The van der Waals surface area contributed by atoms with Gasteiger partial charge < -0.3 is 0 Å². The van der Waals surface area contributed by atoms with Gasteiger partial charge in [-0.3, -0.25) is 4.79 Å². The third-order valence-corrected chi connectivity index (χ3v) is 6.80. The van der Waals surface area contributed by atoms with E-state index in [0.29, 0.717) is 21.9 Å². The molecule has 1 aliphatic heterocycles. The average molecular weight is 425 g/mol. The van der Waals surface area contributed by atoms with Gasteiger partial charge in [-0.25, -0.2) is 8.42 Å². The summed E-state index contributed by atoms with van der Waals surface area (Å²) < 4.78 is 28.1. The predicted octanol–water partition coefficient (Wildman–Crippen LogP) is 3.34. The molecule has 20 heavy (non-hydrogen) atoms. The van der Waals surface area contributed by atoms with E-state index in [2.05, 4.69) is 31.9 Å². The zero-order valence-electron chi connectivity index (χ0n) is 11.0. The Morgan fingerprint density at radius 1 is 1.30 bits per heavy atom. The maximum atomic E-state index is 12.8. The molecular formula is C13H15Br2NO3S. The number of hydrogen-bond donors (Lipinski definition) is 0. The van der Waals surface area contributed by atoms with Gasteiger partial charge in [0.1, 0.15) is 5.78 Å². The Bertz CT molecular complexity index is 631. The number of carbonyl (C=O) groups excluding carboxylic acids is 1. The van der Waals surface area contributed by atoms with Gasteiger partial charge in [-0.2, -0.15) is 4.31 Å². The highest BCUT2D eigenvalue weighted by atomic mass is 79.9. The smallest absolute Gasteiger partial charge is 0.244 e. The summed E-state index contributed by atoms with van der Waals surface area (Å²) >= 11 is 6.56. The molecule has 1 aliphatic rings. The van der Waals surface area contributed by atoms with E-state index in [-0.39, 0.29) is 10.7 Å². The Labute approximate surface area is 135 Å². The summed E-state index contributed by atoms with van der Waals surface area (Å²) in [5, 5.41) is 0. The van der Waals surface area contributed by atoms with Crippen LogP contribution in [0.5, 0.6) is 0 Å². The van der Waals surface area contributed by atoms with Crippen molar-refractivity contribution in [1.82, 2.24) is 4.31 Å². The van der Waals surface area contributed by atoms with E-state index in [9.17, 15) is 13.2 Å². The fourth-order valence-electron chi connectivity index (χ4n) is 2.40. The first-order chi connectivity index (χ1) is 9.34. The number of rotatable bonds is 3. The number of carbonyl (C=O) groups is 1. The molecule has 4 nitrogen and oxygen atoms in total. The van der Waals surface area contributed by atoms with Gasteiger partial charge in [-0.05, 0) is 53.9 Å². The van der Waals surface area contributed by atoms with Crippen LogP contribution < -0.4 is 0 Å². The maximum Gasteiger partial charge on any atom is 0.244 e. The number of hydrogen-bond acceptors (Lipinski definition) is 3. The molecule has 0 saturated carbocycles. The molecule has 0 aromatic heterocycles. The Morgan fingerprint density at radius 2 is 2.00 bits per heavy atom. The van der Waals surface area contributed by atoms with Crippen LogP contribution in [0.2, 0.25) is 0 Å². The van der Waals surface area contributed by atoms with Crippen molar-refractivity contribution >= 4 is 47.7 Å². The number of benzene rings is 1. The predicted molar refractivity (Wildman–Crippen MR) is 84.1 cm³/mol. The van der Waals surface area contributed by atoms with E-state index < -0.39 is 16.1 Å². The summed E-state index contributed by atoms with van der Waals surface area (Å²) in [6.45, 7) is 1.85. The minimum absolute atomic E-state index is 0.0978. The number of ketones is 1. The van der Waals surface area contributed by atoms with Gasteiger partial charge in [-0.1, -0.05) is 22.4 Å². The molecule has 0 spiro atoms. The lowest BCUT2D eigenvalue weighted by Gasteiger charge is -2.33. The molecule has 1 atom stereocenters. The first-order valence-electron chi connectivity index (χ1n) is 6.31. The summed E-state index contributed by atoms with van der Waals surface area (Å²) in [5.41, 5.74) is 0. The molecule has 0 bridgehead atoms. The maximum absolute atomic E-state index is 12.8. The fraction of sp³-hybridized carbons (Fsp3) is 0.462. The topological polar surface area (TPSA) is 54.5 Å². The van der Waals surface area contributed by atoms with Crippen LogP contribution in [0.15, 0.2) is 32.0 Å². The quantitative estimate of drug-likeness (QED) is 0.747. The summed E-state index contributed by atoms with van der Waals surface area (Å²) in [7, 11) is -3.67. The van der Waals surface area contributed by atoms with Crippen LogP contribution in [0.3, 0.4) is 0 Å². The lowest BCUT2D eigenvalue weighted by atomic mass is 10.0. The minimum Gasteiger partial charge on any atom is -0.298 e. The third kappa shape index (κ3) is 3.16. The molecule has 0 aliphatic carbocycles. The van der Waals surface area contributed by atoms with Gasteiger partial charge in [0.05, 0.1) is 10.9 Å². The van der Waals surface area contributed by atoms with Crippen molar-refractivity contribution in [3.63, 3.8) is 0 Å². The summed E-state index contributed by atoms with van der Waals surface area (Å²) in [6, 6.07) is 4.47.